The van der Waals surface area contributed by atoms with E-state index in [-0.39, 0.29) is 0 Å². The molecule has 0 radical (unpaired) electrons. The monoisotopic (exact) mass is 289 g/mol. The van der Waals surface area contributed by atoms with Crippen LogP contribution in [-0.4, -0.2) is 29.5 Å². The lowest BCUT2D eigenvalue weighted by Gasteiger charge is -2.21. The van der Waals surface area contributed by atoms with Gasteiger partial charge in [-0.3, -0.25) is 9.88 Å². The average Bonchev–Trinajstić information content (AvgIpc) is 2.47. The third-order valence-corrected chi connectivity index (χ3v) is 3.42. The van der Waals surface area contributed by atoms with Gasteiger partial charge in [0, 0.05) is 42.7 Å². The summed E-state index contributed by atoms with van der Waals surface area (Å²) in [5.74, 6) is 0. The van der Waals surface area contributed by atoms with E-state index in [1.807, 2.05) is 36.7 Å². The average molecular weight is 290 g/mol. The van der Waals surface area contributed by atoms with Crippen molar-refractivity contribution in [2.75, 3.05) is 25.0 Å². The number of nitrogens with one attached hydrogen (secondary N) is 1. The van der Waals surface area contributed by atoms with Crippen LogP contribution < -0.4 is 5.32 Å². The zero-order chi connectivity index (χ0) is 14.2. The van der Waals surface area contributed by atoms with Crippen LogP contribution in [0.15, 0.2) is 48.8 Å². The zero-order valence-electron chi connectivity index (χ0n) is 11.7. The molecular weight excluding hydrogens is 270 g/mol. The molecule has 0 aliphatic rings. The fourth-order valence-corrected chi connectivity index (χ4v) is 2.24. The molecule has 1 aromatic heterocycles. The highest BCUT2D eigenvalue weighted by molar-refractivity contribution is 6.30. The summed E-state index contributed by atoms with van der Waals surface area (Å²) in [7, 11) is 0. The number of nitrogens with zero attached hydrogens (tertiary/aromatic N) is 2. The van der Waals surface area contributed by atoms with Gasteiger partial charge in [0.15, 0.2) is 0 Å². The highest BCUT2D eigenvalue weighted by atomic mass is 35.5. The van der Waals surface area contributed by atoms with E-state index >= 15 is 0 Å². The van der Waals surface area contributed by atoms with E-state index in [0.717, 1.165) is 36.9 Å². The SMILES string of the molecule is CCN(CCNc1cccc(Cl)c1)Cc1ccncc1. The molecule has 0 aliphatic carbocycles. The maximum atomic E-state index is 5.96. The molecule has 0 unspecified atom stereocenters. The first-order chi connectivity index (χ1) is 9.78. The first-order valence-corrected chi connectivity index (χ1v) is 7.26. The first-order valence-electron chi connectivity index (χ1n) is 6.88. The molecule has 0 bridgehead atoms. The van der Waals surface area contributed by atoms with Gasteiger partial charge >= 0.3 is 0 Å². The largest absolute Gasteiger partial charge is 0.384 e. The van der Waals surface area contributed by atoms with E-state index < -0.39 is 0 Å². The molecule has 0 saturated carbocycles. The fourth-order valence-electron chi connectivity index (χ4n) is 2.05. The van der Waals surface area contributed by atoms with Crippen LogP contribution in [0.5, 0.6) is 0 Å². The summed E-state index contributed by atoms with van der Waals surface area (Å²) in [5.41, 5.74) is 2.36. The Labute approximate surface area is 125 Å². The van der Waals surface area contributed by atoms with Crippen LogP contribution in [0.3, 0.4) is 0 Å². The number of aromatic nitrogens is 1. The Morgan fingerprint density at radius 3 is 2.70 bits per heavy atom. The smallest absolute Gasteiger partial charge is 0.0426 e. The number of likely N-dealkylation sites (N-methyl/N-ethyl adjacent to an activating group) is 1. The minimum atomic E-state index is 0.763. The quantitative estimate of drug-likeness (QED) is 0.843. The van der Waals surface area contributed by atoms with E-state index in [2.05, 4.69) is 34.3 Å². The van der Waals surface area contributed by atoms with E-state index in [1.165, 1.54) is 5.56 Å². The molecule has 4 heteroatoms. The fraction of sp³-hybridized carbons (Fsp3) is 0.312. The summed E-state index contributed by atoms with van der Waals surface area (Å²) in [6, 6.07) is 11.9. The van der Waals surface area contributed by atoms with Crippen LogP contribution in [0.2, 0.25) is 5.02 Å². The lowest BCUT2D eigenvalue weighted by molar-refractivity contribution is 0.291. The number of pyridine rings is 1. The Bertz CT molecular complexity index is 516. The van der Waals surface area contributed by atoms with Crippen molar-refractivity contribution in [3.8, 4) is 0 Å². The number of hydrogen-bond donors (Lipinski definition) is 1. The van der Waals surface area contributed by atoms with Crippen LogP contribution in [0.25, 0.3) is 0 Å². The molecule has 106 valence electrons. The molecule has 0 spiro atoms. The van der Waals surface area contributed by atoms with Gasteiger partial charge in [0.2, 0.25) is 0 Å². The van der Waals surface area contributed by atoms with Crippen molar-refractivity contribution in [3.63, 3.8) is 0 Å². The molecule has 0 saturated heterocycles. The predicted octanol–water partition coefficient (Wildman–Crippen LogP) is 3.67. The van der Waals surface area contributed by atoms with Crippen molar-refractivity contribution in [1.82, 2.24) is 9.88 Å². The minimum absolute atomic E-state index is 0.763. The topological polar surface area (TPSA) is 28.2 Å². The van der Waals surface area contributed by atoms with Crippen LogP contribution in [0, 0.1) is 0 Å². The third-order valence-electron chi connectivity index (χ3n) is 3.18. The Kier molecular flexibility index (Phi) is 5.84. The van der Waals surface area contributed by atoms with Gasteiger partial charge in [0.1, 0.15) is 0 Å². The van der Waals surface area contributed by atoms with E-state index in [0.29, 0.717) is 0 Å². The molecular formula is C16H20ClN3. The molecule has 0 fully saturated rings. The van der Waals surface area contributed by atoms with Gasteiger partial charge in [0.25, 0.3) is 0 Å². The van der Waals surface area contributed by atoms with Crippen LogP contribution in [-0.2, 0) is 6.54 Å². The number of hydrogen-bond acceptors (Lipinski definition) is 3. The molecule has 2 rings (SSSR count). The second-order valence-corrected chi connectivity index (χ2v) is 5.10. The van der Waals surface area contributed by atoms with Crippen molar-refractivity contribution in [1.29, 1.82) is 0 Å². The van der Waals surface area contributed by atoms with E-state index in [4.69, 9.17) is 11.6 Å². The first kappa shape index (κ1) is 14.8. The molecule has 2 aromatic rings. The summed E-state index contributed by atoms with van der Waals surface area (Å²) in [6.45, 7) is 6.06. The van der Waals surface area contributed by atoms with Gasteiger partial charge in [-0.25, -0.2) is 0 Å². The van der Waals surface area contributed by atoms with Crippen molar-refractivity contribution >= 4 is 17.3 Å². The lowest BCUT2D eigenvalue weighted by atomic mass is 10.2. The van der Waals surface area contributed by atoms with E-state index in [1.54, 1.807) is 0 Å². The highest BCUT2D eigenvalue weighted by Gasteiger charge is 2.03. The van der Waals surface area contributed by atoms with E-state index in [9.17, 15) is 0 Å². The highest BCUT2D eigenvalue weighted by Crippen LogP contribution is 2.14. The number of anilines is 1. The van der Waals surface area contributed by atoms with Gasteiger partial charge in [-0.15, -0.1) is 0 Å². The molecule has 1 aromatic carbocycles. The second kappa shape index (κ2) is 7.88. The summed E-state index contributed by atoms with van der Waals surface area (Å²) in [5, 5.41) is 4.16. The number of benzene rings is 1. The number of halogens is 1. The maximum absolute atomic E-state index is 5.96. The Morgan fingerprint density at radius 1 is 1.20 bits per heavy atom. The van der Waals surface area contributed by atoms with Crippen molar-refractivity contribution < 1.29 is 0 Å². The number of rotatable bonds is 7. The van der Waals surface area contributed by atoms with Crippen LogP contribution >= 0.6 is 11.6 Å². The standard InChI is InChI=1S/C16H20ClN3/c1-2-20(13-14-6-8-18-9-7-14)11-10-19-16-5-3-4-15(17)12-16/h3-9,12,19H,2,10-11,13H2,1H3. The molecule has 0 amide bonds. The summed E-state index contributed by atoms with van der Waals surface area (Å²) < 4.78 is 0. The molecule has 3 nitrogen and oxygen atoms in total. The molecule has 0 aliphatic heterocycles. The van der Waals surface area contributed by atoms with Gasteiger partial charge in [0.05, 0.1) is 0 Å². The van der Waals surface area contributed by atoms with Crippen molar-refractivity contribution in [2.45, 2.75) is 13.5 Å². The normalized spacial score (nSPS) is 10.8. The lowest BCUT2D eigenvalue weighted by Crippen LogP contribution is -2.28. The maximum Gasteiger partial charge on any atom is 0.0426 e. The Hall–Kier alpha value is -1.58. The Balaban J connectivity index is 1.79. The van der Waals surface area contributed by atoms with Crippen LogP contribution in [0.4, 0.5) is 5.69 Å². The molecule has 1 heterocycles. The third kappa shape index (κ3) is 4.83. The zero-order valence-corrected chi connectivity index (χ0v) is 12.5. The molecule has 1 N–H and O–H groups in total. The summed E-state index contributed by atoms with van der Waals surface area (Å²) in [4.78, 5) is 6.44. The van der Waals surface area contributed by atoms with Gasteiger partial charge in [-0.2, -0.15) is 0 Å². The van der Waals surface area contributed by atoms with Crippen molar-refractivity contribution in [3.05, 3.63) is 59.4 Å². The summed E-state index contributed by atoms with van der Waals surface area (Å²) >= 11 is 5.96. The predicted molar refractivity (Wildman–Crippen MR) is 85.1 cm³/mol. The minimum Gasteiger partial charge on any atom is -0.384 e. The second-order valence-electron chi connectivity index (χ2n) is 4.66. The van der Waals surface area contributed by atoms with Crippen molar-refractivity contribution in [2.24, 2.45) is 0 Å². The van der Waals surface area contributed by atoms with Gasteiger partial charge < -0.3 is 5.32 Å². The Morgan fingerprint density at radius 2 is 2.00 bits per heavy atom. The summed E-state index contributed by atoms with van der Waals surface area (Å²) in [6.07, 6.45) is 3.68. The molecule has 0 atom stereocenters. The van der Waals surface area contributed by atoms with Gasteiger partial charge in [-0.05, 0) is 42.4 Å². The molecule has 20 heavy (non-hydrogen) atoms. The van der Waals surface area contributed by atoms with Crippen LogP contribution in [0.1, 0.15) is 12.5 Å². The van der Waals surface area contributed by atoms with Gasteiger partial charge in [-0.1, -0.05) is 24.6 Å².